The van der Waals surface area contributed by atoms with Crippen LogP contribution in [0.2, 0.25) is 0 Å². The highest BCUT2D eigenvalue weighted by atomic mass is 31.1. The van der Waals surface area contributed by atoms with E-state index in [0.717, 1.165) is 6.42 Å². The molecule has 0 unspecified atom stereocenters. The molecule has 0 N–H and O–H groups in total. The van der Waals surface area contributed by atoms with Crippen molar-refractivity contribution in [2.75, 3.05) is 12.3 Å². The zero-order valence-electron chi connectivity index (χ0n) is 12.0. The van der Waals surface area contributed by atoms with Gasteiger partial charge in [-0.1, -0.05) is 57.7 Å². The minimum Gasteiger partial charge on any atom is -0.0769 e. The Hall–Kier alpha value is -0.870. The molecular formula is C17H23P. The number of rotatable bonds is 4. The lowest BCUT2D eigenvalue weighted by atomic mass is 10.0. The lowest BCUT2D eigenvalue weighted by Gasteiger charge is -2.19. The lowest BCUT2D eigenvalue weighted by molar-refractivity contribution is 1.38. The predicted octanol–water partition coefficient (Wildman–Crippen LogP) is 4.96. The topological polar surface area (TPSA) is 0 Å². The summed E-state index contributed by atoms with van der Waals surface area (Å²) in [5.74, 6) is 0. The first-order valence-electron chi connectivity index (χ1n) is 6.90. The first kappa shape index (κ1) is 13.6. The minimum absolute atomic E-state index is 0.0211. The van der Waals surface area contributed by atoms with Crippen molar-refractivity contribution in [3.05, 3.63) is 47.1 Å². The molecule has 0 aliphatic heterocycles. The third kappa shape index (κ3) is 2.45. The van der Waals surface area contributed by atoms with Gasteiger partial charge in [0.05, 0.1) is 0 Å². The molecule has 0 fully saturated rings. The molecule has 0 saturated carbocycles. The summed E-state index contributed by atoms with van der Waals surface area (Å²) in [4.78, 5) is 0. The van der Waals surface area contributed by atoms with Crippen molar-refractivity contribution < 1.29 is 0 Å². The molecule has 0 atom stereocenters. The Morgan fingerprint density at radius 3 is 2.28 bits per heavy atom. The van der Waals surface area contributed by atoms with Crippen molar-refractivity contribution in [1.82, 2.24) is 0 Å². The van der Waals surface area contributed by atoms with Crippen molar-refractivity contribution >= 4 is 18.8 Å². The fourth-order valence-corrected chi connectivity index (χ4v) is 4.66. The Balaban J connectivity index is 2.47. The molecule has 0 radical (unpaired) electrons. The molecule has 0 aromatic heterocycles. The molecule has 18 heavy (non-hydrogen) atoms. The predicted molar refractivity (Wildman–Crippen MR) is 85.0 cm³/mol. The molecule has 2 rings (SSSR count). The van der Waals surface area contributed by atoms with E-state index in [1.54, 1.807) is 10.9 Å². The van der Waals surface area contributed by atoms with Gasteiger partial charge in [0.2, 0.25) is 0 Å². The summed E-state index contributed by atoms with van der Waals surface area (Å²) in [5.41, 5.74) is 6.01. The molecule has 0 nitrogen and oxygen atoms in total. The van der Waals surface area contributed by atoms with Crippen LogP contribution in [0.1, 0.15) is 39.7 Å². The van der Waals surface area contributed by atoms with Gasteiger partial charge in [0.25, 0.3) is 0 Å². The smallest absolute Gasteiger partial charge is 0.00827 e. The molecule has 96 valence electrons. The average molecular weight is 258 g/mol. The molecule has 0 saturated heterocycles. The molecule has 0 heterocycles. The van der Waals surface area contributed by atoms with Gasteiger partial charge in [-0.05, 0) is 54.6 Å². The van der Waals surface area contributed by atoms with Crippen LogP contribution in [0.4, 0.5) is 0 Å². The van der Waals surface area contributed by atoms with Crippen LogP contribution in [0, 0.1) is 0 Å². The maximum absolute atomic E-state index is 2.36. The highest BCUT2D eigenvalue weighted by Crippen LogP contribution is 2.39. The fourth-order valence-electron chi connectivity index (χ4n) is 2.68. The Bertz CT molecular complexity index is 490. The lowest BCUT2D eigenvalue weighted by Crippen LogP contribution is -2.10. The van der Waals surface area contributed by atoms with E-state index >= 15 is 0 Å². The molecule has 1 heteroatoms. The van der Waals surface area contributed by atoms with Gasteiger partial charge >= 0.3 is 0 Å². The zero-order valence-corrected chi connectivity index (χ0v) is 12.8. The molecule has 1 aliphatic carbocycles. The van der Waals surface area contributed by atoms with Gasteiger partial charge in [0.15, 0.2) is 0 Å². The monoisotopic (exact) mass is 258 g/mol. The van der Waals surface area contributed by atoms with E-state index in [-0.39, 0.29) is 7.92 Å². The summed E-state index contributed by atoms with van der Waals surface area (Å²) in [7, 11) is 0.0211. The summed E-state index contributed by atoms with van der Waals surface area (Å²) < 4.78 is 0. The summed E-state index contributed by atoms with van der Waals surface area (Å²) in [6, 6.07) is 9.06. The van der Waals surface area contributed by atoms with Gasteiger partial charge in [-0.15, -0.1) is 0 Å². The number of hydrogen-bond donors (Lipinski definition) is 0. The van der Waals surface area contributed by atoms with Gasteiger partial charge in [-0.3, -0.25) is 0 Å². The normalized spacial score (nSPS) is 15.5. The Kier molecular flexibility index (Phi) is 4.40. The molecule has 1 aromatic rings. The number of allylic oxidation sites excluding steroid dienone is 4. The van der Waals surface area contributed by atoms with E-state index < -0.39 is 0 Å². The van der Waals surface area contributed by atoms with E-state index in [1.807, 2.05) is 0 Å². The maximum atomic E-state index is 2.36. The fraction of sp³-hybridized carbons (Fsp3) is 0.412. The first-order valence-corrected chi connectivity index (χ1v) is 8.61. The average Bonchev–Trinajstić information content (AvgIpc) is 2.72. The van der Waals surface area contributed by atoms with E-state index in [1.165, 1.54) is 29.0 Å². The van der Waals surface area contributed by atoms with Crippen LogP contribution in [0.3, 0.4) is 0 Å². The van der Waals surface area contributed by atoms with Crippen LogP contribution in [-0.4, -0.2) is 12.3 Å². The van der Waals surface area contributed by atoms with E-state index in [2.05, 4.69) is 58.0 Å². The van der Waals surface area contributed by atoms with Crippen molar-refractivity contribution in [3.63, 3.8) is 0 Å². The molecular weight excluding hydrogens is 235 g/mol. The number of hydrogen-bond acceptors (Lipinski definition) is 0. The Morgan fingerprint density at radius 1 is 1.06 bits per heavy atom. The van der Waals surface area contributed by atoms with Crippen molar-refractivity contribution in [2.45, 2.75) is 34.1 Å². The van der Waals surface area contributed by atoms with Crippen molar-refractivity contribution in [3.8, 4) is 0 Å². The quantitative estimate of drug-likeness (QED) is 0.670. The van der Waals surface area contributed by atoms with Crippen molar-refractivity contribution in [1.29, 1.82) is 0 Å². The van der Waals surface area contributed by atoms with Gasteiger partial charge < -0.3 is 0 Å². The van der Waals surface area contributed by atoms with E-state index in [0.29, 0.717) is 0 Å². The van der Waals surface area contributed by atoms with Crippen molar-refractivity contribution in [2.24, 2.45) is 0 Å². The van der Waals surface area contributed by atoms with Crippen LogP contribution in [0.25, 0.3) is 5.57 Å². The van der Waals surface area contributed by atoms with Crippen LogP contribution in [0.15, 0.2) is 41.5 Å². The van der Waals surface area contributed by atoms with Gasteiger partial charge in [0.1, 0.15) is 0 Å². The van der Waals surface area contributed by atoms with E-state index in [9.17, 15) is 0 Å². The second-order valence-corrected chi connectivity index (χ2v) is 7.71. The SMILES string of the molecule is CCP(CC)c1ccccc1C1=C(C)C(C)=CC1. The second kappa shape index (κ2) is 5.85. The first-order chi connectivity index (χ1) is 8.69. The molecule has 0 spiro atoms. The largest absolute Gasteiger partial charge is 0.0769 e. The third-order valence-corrected chi connectivity index (χ3v) is 6.59. The highest BCUT2D eigenvalue weighted by Gasteiger charge is 2.18. The summed E-state index contributed by atoms with van der Waals surface area (Å²) in [5, 5.41) is 1.61. The molecule has 1 aromatic carbocycles. The third-order valence-electron chi connectivity index (χ3n) is 3.99. The Labute approximate surface area is 113 Å². The van der Waals surface area contributed by atoms with Gasteiger partial charge in [-0.25, -0.2) is 0 Å². The second-order valence-electron chi connectivity index (χ2n) is 4.88. The van der Waals surface area contributed by atoms with E-state index in [4.69, 9.17) is 0 Å². The molecule has 1 aliphatic rings. The van der Waals surface area contributed by atoms with Crippen LogP contribution >= 0.6 is 7.92 Å². The highest BCUT2D eigenvalue weighted by molar-refractivity contribution is 7.65. The van der Waals surface area contributed by atoms with Crippen LogP contribution in [-0.2, 0) is 0 Å². The summed E-state index contributed by atoms with van der Waals surface area (Å²) >= 11 is 0. The maximum Gasteiger partial charge on any atom is -0.00827 e. The zero-order chi connectivity index (χ0) is 13.1. The summed E-state index contributed by atoms with van der Waals surface area (Å²) in [6.07, 6.45) is 6.07. The van der Waals surface area contributed by atoms with Gasteiger partial charge in [-0.2, -0.15) is 0 Å². The molecule has 0 bridgehead atoms. The van der Waals surface area contributed by atoms with Crippen LogP contribution < -0.4 is 5.30 Å². The van der Waals surface area contributed by atoms with Gasteiger partial charge in [0, 0.05) is 0 Å². The van der Waals surface area contributed by atoms with Crippen LogP contribution in [0.5, 0.6) is 0 Å². The Morgan fingerprint density at radius 2 is 1.72 bits per heavy atom. The standard InChI is InChI=1S/C17H23P/c1-5-18(6-2)17-10-8-7-9-16(17)15-12-11-13(3)14(15)4/h7-11H,5-6,12H2,1-4H3. The molecule has 0 amide bonds. The number of benzene rings is 1. The summed E-state index contributed by atoms with van der Waals surface area (Å²) in [6.45, 7) is 9.15. The minimum atomic E-state index is 0.0211.